The van der Waals surface area contributed by atoms with Crippen molar-refractivity contribution in [2.45, 2.75) is 11.2 Å². The first kappa shape index (κ1) is 11.7. The highest BCUT2D eigenvalue weighted by Gasteiger charge is 2.31. The number of benzene rings is 1. The lowest BCUT2D eigenvalue weighted by Crippen LogP contribution is -2.27. The number of rotatable bonds is 2. The van der Waals surface area contributed by atoms with Crippen molar-refractivity contribution >= 4 is 39.1 Å². The molecule has 0 radical (unpaired) electrons. The third-order valence-corrected chi connectivity index (χ3v) is 3.75. The second-order valence-electron chi connectivity index (χ2n) is 3.56. The standard InChI is InChI=1S/C11H11BrClNO2/c1-16-7-2-3-9(13)10(6-7)14-5-4-8(12)11(14)15/h2-3,6,8H,4-5H2,1H3. The molecule has 0 saturated carbocycles. The molecular formula is C11H11BrClNO2. The van der Waals surface area contributed by atoms with Gasteiger partial charge in [-0.3, -0.25) is 4.79 Å². The second kappa shape index (κ2) is 4.63. The van der Waals surface area contributed by atoms with Gasteiger partial charge in [0, 0.05) is 12.6 Å². The Hall–Kier alpha value is -0.740. The van der Waals surface area contributed by atoms with E-state index in [9.17, 15) is 4.79 Å². The van der Waals surface area contributed by atoms with Crippen molar-refractivity contribution in [1.82, 2.24) is 0 Å². The molecule has 1 saturated heterocycles. The largest absolute Gasteiger partial charge is 0.497 e. The zero-order chi connectivity index (χ0) is 11.7. The van der Waals surface area contributed by atoms with E-state index in [2.05, 4.69) is 15.9 Å². The Labute approximate surface area is 107 Å². The third-order valence-electron chi connectivity index (χ3n) is 2.58. The summed E-state index contributed by atoms with van der Waals surface area (Å²) < 4.78 is 5.12. The zero-order valence-corrected chi connectivity index (χ0v) is 11.1. The molecule has 1 amide bonds. The van der Waals surface area contributed by atoms with E-state index in [1.54, 1.807) is 30.2 Å². The maximum absolute atomic E-state index is 11.8. The van der Waals surface area contributed by atoms with Gasteiger partial charge in [-0.25, -0.2) is 0 Å². The van der Waals surface area contributed by atoms with E-state index in [-0.39, 0.29) is 10.7 Å². The summed E-state index contributed by atoms with van der Waals surface area (Å²) in [7, 11) is 1.59. The predicted molar refractivity (Wildman–Crippen MR) is 67.7 cm³/mol. The number of alkyl halides is 1. The summed E-state index contributed by atoms with van der Waals surface area (Å²) in [5.41, 5.74) is 0.716. The van der Waals surface area contributed by atoms with Gasteiger partial charge >= 0.3 is 0 Å². The van der Waals surface area contributed by atoms with E-state index in [1.807, 2.05) is 0 Å². The number of halogens is 2. The van der Waals surface area contributed by atoms with Crippen LogP contribution < -0.4 is 9.64 Å². The van der Waals surface area contributed by atoms with Crippen LogP contribution >= 0.6 is 27.5 Å². The molecule has 1 unspecified atom stereocenters. The van der Waals surface area contributed by atoms with Gasteiger partial charge in [-0.2, -0.15) is 0 Å². The SMILES string of the molecule is COc1ccc(Cl)c(N2CCC(Br)C2=O)c1. The van der Waals surface area contributed by atoms with Crippen LogP contribution in [0.3, 0.4) is 0 Å². The molecular weight excluding hydrogens is 293 g/mol. The molecule has 1 aromatic rings. The minimum absolute atomic E-state index is 0.0511. The van der Waals surface area contributed by atoms with Crippen LogP contribution in [0.25, 0.3) is 0 Å². The lowest BCUT2D eigenvalue weighted by molar-refractivity contribution is -0.116. The molecule has 5 heteroatoms. The molecule has 0 aromatic heterocycles. The van der Waals surface area contributed by atoms with Gasteiger partial charge in [0.1, 0.15) is 5.75 Å². The molecule has 1 fully saturated rings. The first-order valence-corrected chi connectivity index (χ1v) is 6.22. The highest BCUT2D eigenvalue weighted by atomic mass is 79.9. The van der Waals surface area contributed by atoms with Crippen molar-refractivity contribution in [3.05, 3.63) is 23.2 Å². The smallest absolute Gasteiger partial charge is 0.240 e. The highest BCUT2D eigenvalue weighted by molar-refractivity contribution is 9.10. The summed E-state index contributed by atoms with van der Waals surface area (Å²) in [4.78, 5) is 13.4. The summed E-state index contributed by atoms with van der Waals surface area (Å²) >= 11 is 9.42. The number of hydrogen-bond donors (Lipinski definition) is 0. The molecule has 1 aliphatic rings. The van der Waals surface area contributed by atoms with Crippen molar-refractivity contribution in [1.29, 1.82) is 0 Å². The van der Waals surface area contributed by atoms with E-state index >= 15 is 0 Å². The Morgan fingerprint density at radius 3 is 2.88 bits per heavy atom. The molecule has 1 aliphatic heterocycles. The number of hydrogen-bond acceptors (Lipinski definition) is 2. The lowest BCUT2D eigenvalue weighted by Gasteiger charge is -2.18. The van der Waals surface area contributed by atoms with Crippen molar-refractivity contribution in [3.63, 3.8) is 0 Å². The highest BCUT2D eigenvalue weighted by Crippen LogP contribution is 2.34. The number of ether oxygens (including phenoxy) is 1. The van der Waals surface area contributed by atoms with Crippen molar-refractivity contribution < 1.29 is 9.53 Å². The van der Waals surface area contributed by atoms with Crippen LogP contribution in [-0.4, -0.2) is 24.4 Å². The Bertz CT molecular complexity index is 424. The molecule has 0 aliphatic carbocycles. The van der Waals surface area contributed by atoms with Crippen molar-refractivity contribution in [2.24, 2.45) is 0 Å². The van der Waals surface area contributed by atoms with E-state index in [0.29, 0.717) is 23.0 Å². The van der Waals surface area contributed by atoms with Crippen LogP contribution in [0.5, 0.6) is 5.75 Å². The zero-order valence-electron chi connectivity index (χ0n) is 8.74. The minimum atomic E-state index is -0.102. The number of amides is 1. The van der Waals surface area contributed by atoms with Crippen LogP contribution in [0, 0.1) is 0 Å². The number of carbonyl (C=O) groups is 1. The molecule has 2 rings (SSSR count). The first-order valence-electron chi connectivity index (χ1n) is 4.92. The molecule has 0 bridgehead atoms. The molecule has 0 spiro atoms. The van der Waals surface area contributed by atoms with Gasteiger partial charge < -0.3 is 9.64 Å². The van der Waals surface area contributed by atoms with Crippen LogP contribution in [0.2, 0.25) is 5.02 Å². The van der Waals surface area contributed by atoms with Crippen molar-refractivity contribution in [2.75, 3.05) is 18.6 Å². The summed E-state index contributed by atoms with van der Waals surface area (Å²) in [6.07, 6.45) is 0.798. The summed E-state index contributed by atoms with van der Waals surface area (Å²) in [6.45, 7) is 0.682. The molecule has 3 nitrogen and oxygen atoms in total. The lowest BCUT2D eigenvalue weighted by atomic mass is 10.2. The van der Waals surface area contributed by atoms with E-state index < -0.39 is 0 Å². The van der Waals surface area contributed by atoms with E-state index in [4.69, 9.17) is 16.3 Å². The number of methoxy groups -OCH3 is 1. The number of nitrogens with zero attached hydrogens (tertiary/aromatic N) is 1. The molecule has 16 heavy (non-hydrogen) atoms. The quantitative estimate of drug-likeness (QED) is 0.786. The molecule has 0 N–H and O–H groups in total. The summed E-state index contributed by atoms with van der Waals surface area (Å²) in [5.74, 6) is 0.750. The summed E-state index contributed by atoms with van der Waals surface area (Å²) in [6, 6.07) is 5.30. The topological polar surface area (TPSA) is 29.5 Å². The van der Waals surface area contributed by atoms with E-state index in [0.717, 1.165) is 6.42 Å². The molecule has 86 valence electrons. The monoisotopic (exact) mass is 303 g/mol. The van der Waals surface area contributed by atoms with Crippen molar-refractivity contribution in [3.8, 4) is 5.75 Å². The molecule has 1 heterocycles. The Kier molecular flexibility index (Phi) is 3.40. The van der Waals surface area contributed by atoms with Gasteiger partial charge in [0.2, 0.25) is 5.91 Å². The maximum Gasteiger partial charge on any atom is 0.240 e. The average molecular weight is 305 g/mol. The first-order chi connectivity index (χ1) is 7.63. The third kappa shape index (κ3) is 2.04. The fourth-order valence-electron chi connectivity index (χ4n) is 1.71. The van der Waals surface area contributed by atoms with Crippen LogP contribution in [-0.2, 0) is 4.79 Å². The number of carbonyl (C=O) groups excluding carboxylic acids is 1. The summed E-state index contributed by atoms with van der Waals surface area (Å²) in [5, 5.41) is 0.566. The fourth-order valence-corrected chi connectivity index (χ4v) is 2.38. The van der Waals surface area contributed by atoms with Gasteiger partial charge in [0.25, 0.3) is 0 Å². The van der Waals surface area contributed by atoms with Crippen LogP contribution in [0.4, 0.5) is 5.69 Å². The Balaban J connectivity index is 2.36. The van der Waals surface area contributed by atoms with Gasteiger partial charge in [-0.15, -0.1) is 0 Å². The van der Waals surface area contributed by atoms with Gasteiger partial charge in [0.05, 0.1) is 22.6 Å². The predicted octanol–water partition coefficient (Wildman–Crippen LogP) is 2.85. The normalized spacial score (nSPS) is 20.3. The van der Waals surface area contributed by atoms with Crippen LogP contribution in [0.1, 0.15) is 6.42 Å². The Morgan fingerprint density at radius 2 is 2.31 bits per heavy atom. The fraction of sp³-hybridized carbons (Fsp3) is 0.364. The van der Waals surface area contributed by atoms with Gasteiger partial charge in [-0.1, -0.05) is 27.5 Å². The Morgan fingerprint density at radius 1 is 1.56 bits per heavy atom. The van der Waals surface area contributed by atoms with E-state index in [1.165, 1.54) is 0 Å². The minimum Gasteiger partial charge on any atom is -0.497 e. The maximum atomic E-state index is 11.8. The number of anilines is 1. The molecule has 1 aromatic carbocycles. The second-order valence-corrected chi connectivity index (χ2v) is 5.08. The van der Waals surface area contributed by atoms with Gasteiger partial charge in [-0.05, 0) is 18.6 Å². The van der Waals surface area contributed by atoms with Gasteiger partial charge in [0.15, 0.2) is 0 Å². The molecule has 1 atom stereocenters. The average Bonchev–Trinajstić information content (AvgIpc) is 2.61. The van der Waals surface area contributed by atoms with Crippen LogP contribution in [0.15, 0.2) is 18.2 Å².